The molecule has 0 saturated heterocycles. The van der Waals surface area contributed by atoms with Gasteiger partial charge >= 0.3 is 0 Å². The summed E-state index contributed by atoms with van der Waals surface area (Å²) >= 11 is 0. The van der Waals surface area contributed by atoms with E-state index in [1.807, 2.05) is 6.92 Å². The molecule has 0 aliphatic carbocycles. The van der Waals surface area contributed by atoms with E-state index in [1.54, 1.807) is 0 Å². The van der Waals surface area contributed by atoms with Crippen molar-refractivity contribution in [2.45, 2.75) is 40.0 Å². The highest BCUT2D eigenvalue weighted by Gasteiger charge is 2.15. The van der Waals surface area contributed by atoms with Crippen LogP contribution in [-0.2, 0) is 0 Å². The van der Waals surface area contributed by atoms with Gasteiger partial charge in [-0.15, -0.1) is 0 Å². The van der Waals surface area contributed by atoms with Gasteiger partial charge in [0.15, 0.2) is 0 Å². The lowest BCUT2D eigenvalue weighted by atomic mass is 9.87. The highest BCUT2D eigenvalue weighted by Crippen LogP contribution is 2.30. The first kappa shape index (κ1) is 16.0. The fourth-order valence-corrected chi connectivity index (χ4v) is 2.57. The first-order valence-corrected chi connectivity index (χ1v) is 7.17. The Balaban J connectivity index is 2.91. The first-order valence-electron chi connectivity index (χ1n) is 7.17. The van der Waals surface area contributed by atoms with Crippen molar-refractivity contribution >= 4 is 0 Å². The Hall–Kier alpha value is -1.06. The molecule has 1 unspecified atom stereocenters. The van der Waals surface area contributed by atoms with Crippen molar-refractivity contribution in [2.24, 2.45) is 17.4 Å². The van der Waals surface area contributed by atoms with Gasteiger partial charge in [0, 0.05) is 0 Å². The van der Waals surface area contributed by atoms with Crippen LogP contribution in [0.15, 0.2) is 12.1 Å². The minimum atomic E-state index is 0.404. The smallest absolute Gasteiger partial charge is 0.122 e. The molecule has 0 fully saturated rings. The maximum absolute atomic E-state index is 5.74. The van der Waals surface area contributed by atoms with E-state index in [4.69, 9.17) is 16.2 Å². The predicted molar refractivity (Wildman–Crippen MR) is 81.7 cm³/mol. The van der Waals surface area contributed by atoms with Crippen LogP contribution in [0.3, 0.4) is 0 Å². The maximum atomic E-state index is 5.74. The van der Waals surface area contributed by atoms with Crippen molar-refractivity contribution in [3.05, 3.63) is 28.8 Å². The monoisotopic (exact) mass is 264 g/mol. The summed E-state index contributed by atoms with van der Waals surface area (Å²) in [4.78, 5) is 0. The van der Waals surface area contributed by atoms with Gasteiger partial charge in [0.05, 0.1) is 6.61 Å². The van der Waals surface area contributed by atoms with Gasteiger partial charge in [0.1, 0.15) is 5.75 Å². The van der Waals surface area contributed by atoms with E-state index in [1.165, 1.54) is 16.7 Å². The summed E-state index contributed by atoms with van der Waals surface area (Å²) in [6.07, 6.45) is 1.04. The molecule has 3 heteroatoms. The molecule has 1 aromatic rings. The van der Waals surface area contributed by atoms with E-state index in [0.29, 0.717) is 31.5 Å². The van der Waals surface area contributed by atoms with Gasteiger partial charge in [0.25, 0.3) is 0 Å². The average Bonchev–Trinajstić information content (AvgIpc) is 2.39. The van der Waals surface area contributed by atoms with E-state index >= 15 is 0 Å². The second-order valence-corrected chi connectivity index (χ2v) is 5.38. The Labute approximate surface area is 117 Å². The van der Waals surface area contributed by atoms with Gasteiger partial charge in [-0.05, 0) is 74.9 Å². The van der Waals surface area contributed by atoms with Crippen LogP contribution >= 0.6 is 0 Å². The normalized spacial score (nSPS) is 12.8. The molecule has 1 atom stereocenters. The molecular formula is C16H28N2O. The minimum Gasteiger partial charge on any atom is -0.494 e. The molecule has 3 nitrogen and oxygen atoms in total. The van der Waals surface area contributed by atoms with Gasteiger partial charge in [-0.1, -0.05) is 13.0 Å². The standard InChI is InChI=1S/C16H28N2O/c1-5-19-16-8-12(3)15(7-13(16)4)11(2)6-14(9-17)10-18/h7-8,11,14H,5-6,9-10,17-18H2,1-4H3. The Bertz CT molecular complexity index is 400. The van der Waals surface area contributed by atoms with Crippen molar-refractivity contribution in [1.82, 2.24) is 0 Å². The number of rotatable bonds is 7. The van der Waals surface area contributed by atoms with Gasteiger partial charge in [-0.3, -0.25) is 0 Å². The summed E-state index contributed by atoms with van der Waals surface area (Å²) in [7, 11) is 0. The van der Waals surface area contributed by atoms with Crippen LogP contribution < -0.4 is 16.2 Å². The van der Waals surface area contributed by atoms with Gasteiger partial charge in [-0.2, -0.15) is 0 Å². The quantitative estimate of drug-likeness (QED) is 0.796. The van der Waals surface area contributed by atoms with E-state index in [9.17, 15) is 0 Å². The van der Waals surface area contributed by atoms with Crippen LogP contribution in [0.4, 0.5) is 0 Å². The molecular weight excluding hydrogens is 236 g/mol. The molecule has 0 saturated carbocycles. The lowest BCUT2D eigenvalue weighted by Crippen LogP contribution is -2.24. The SMILES string of the molecule is CCOc1cc(C)c(C(C)CC(CN)CN)cc1C. The molecule has 1 rings (SSSR count). The van der Waals surface area contributed by atoms with Crippen molar-refractivity contribution in [3.63, 3.8) is 0 Å². The number of nitrogens with two attached hydrogens (primary N) is 2. The molecule has 108 valence electrons. The van der Waals surface area contributed by atoms with Crippen molar-refractivity contribution < 1.29 is 4.74 Å². The molecule has 0 aromatic heterocycles. The zero-order valence-electron chi connectivity index (χ0n) is 12.7. The van der Waals surface area contributed by atoms with Crippen molar-refractivity contribution in [3.8, 4) is 5.75 Å². The third-order valence-corrected chi connectivity index (χ3v) is 3.75. The Morgan fingerprint density at radius 3 is 2.26 bits per heavy atom. The highest BCUT2D eigenvalue weighted by atomic mass is 16.5. The molecule has 0 heterocycles. The number of benzene rings is 1. The van der Waals surface area contributed by atoms with Crippen LogP contribution in [0.25, 0.3) is 0 Å². The van der Waals surface area contributed by atoms with Gasteiger partial charge in [0.2, 0.25) is 0 Å². The third kappa shape index (κ3) is 4.22. The topological polar surface area (TPSA) is 61.3 Å². The summed E-state index contributed by atoms with van der Waals surface area (Å²) < 4.78 is 5.64. The largest absolute Gasteiger partial charge is 0.494 e. The fraction of sp³-hybridized carbons (Fsp3) is 0.625. The molecule has 4 N–H and O–H groups in total. The number of hydrogen-bond acceptors (Lipinski definition) is 3. The Morgan fingerprint density at radius 1 is 1.11 bits per heavy atom. The highest BCUT2D eigenvalue weighted by molar-refractivity contribution is 5.43. The zero-order chi connectivity index (χ0) is 14.4. The second kappa shape index (κ2) is 7.51. The Kier molecular flexibility index (Phi) is 6.32. The molecule has 0 aliphatic rings. The van der Waals surface area contributed by atoms with Crippen LogP contribution in [0.1, 0.15) is 42.9 Å². The summed E-state index contributed by atoms with van der Waals surface area (Å²) in [5.74, 6) is 1.87. The summed E-state index contributed by atoms with van der Waals surface area (Å²) in [5, 5.41) is 0. The van der Waals surface area contributed by atoms with E-state index in [0.717, 1.165) is 12.2 Å². The number of ether oxygens (including phenoxy) is 1. The molecule has 0 amide bonds. The predicted octanol–water partition coefficient (Wildman–Crippen LogP) is 2.73. The summed E-state index contributed by atoms with van der Waals surface area (Å²) in [6.45, 7) is 10.5. The lowest BCUT2D eigenvalue weighted by molar-refractivity contribution is 0.337. The zero-order valence-corrected chi connectivity index (χ0v) is 12.7. The summed E-state index contributed by atoms with van der Waals surface area (Å²) in [6, 6.07) is 4.39. The molecule has 1 aromatic carbocycles. The molecule has 0 bridgehead atoms. The molecule has 19 heavy (non-hydrogen) atoms. The molecule has 0 spiro atoms. The van der Waals surface area contributed by atoms with Gasteiger partial charge < -0.3 is 16.2 Å². The summed E-state index contributed by atoms with van der Waals surface area (Å²) in [5.41, 5.74) is 15.4. The average molecular weight is 264 g/mol. The van der Waals surface area contributed by atoms with Crippen LogP contribution in [-0.4, -0.2) is 19.7 Å². The van der Waals surface area contributed by atoms with Crippen molar-refractivity contribution in [1.29, 1.82) is 0 Å². The first-order chi connectivity index (χ1) is 9.03. The van der Waals surface area contributed by atoms with E-state index < -0.39 is 0 Å². The van der Waals surface area contributed by atoms with E-state index in [2.05, 4.69) is 32.9 Å². The lowest BCUT2D eigenvalue weighted by Gasteiger charge is -2.21. The fourth-order valence-electron chi connectivity index (χ4n) is 2.57. The molecule has 0 aliphatic heterocycles. The third-order valence-electron chi connectivity index (χ3n) is 3.75. The van der Waals surface area contributed by atoms with E-state index in [-0.39, 0.29) is 0 Å². The minimum absolute atomic E-state index is 0.404. The van der Waals surface area contributed by atoms with Crippen LogP contribution in [0.5, 0.6) is 5.75 Å². The van der Waals surface area contributed by atoms with Crippen LogP contribution in [0, 0.1) is 19.8 Å². The second-order valence-electron chi connectivity index (χ2n) is 5.38. The Morgan fingerprint density at radius 2 is 1.74 bits per heavy atom. The number of hydrogen-bond donors (Lipinski definition) is 2. The van der Waals surface area contributed by atoms with Crippen molar-refractivity contribution in [2.75, 3.05) is 19.7 Å². The molecule has 0 radical (unpaired) electrons. The van der Waals surface area contributed by atoms with Gasteiger partial charge in [-0.25, -0.2) is 0 Å². The maximum Gasteiger partial charge on any atom is 0.122 e. The number of aryl methyl sites for hydroxylation is 2. The van der Waals surface area contributed by atoms with Crippen LogP contribution in [0.2, 0.25) is 0 Å².